The molecule has 27 heavy (non-hydrogen) atoms. The van der Waals surface area contributed by atoms with E-state index in [0.717, 1.165) is 6.42 Å². The summed E-state index contributed by atoms with van der Waals surface area (Å²) in [6.07, 6.45) is 1.94. The number of rotatable bonds is 9. The molecule has 1 heterocycles. The average molecular weight is 378 g/mol. The summed E-state index contributed by atoms with van der Waals surface area (Å²) < 4.78 is 10.5. The first-order chi connectivity index (χ1) is 12.9. The zero-order valence-corrected chi connectivity index (χ0v) is 15.9. The molecule has 0 aliphatic carbocycles. The number of anilines is 1. The van der Waals surface area contributed by atoms with E-state index in [-0.39, 0.29) is 18.9 Å². The SMILES string of the molecule is CCCCC(NC(=O)C1CC(=O)N(c2ccc(OC)cc2OC)C1)C(=O)O. The summed E-state index contributed by atoms with van der Waals surface area (Å²) in [5.41, 5.74) is 0.555. The Morgan fingerprint density at radius 3 is 2.67 bits per heavy atom. The van der Waals surface area contributed by atoms with Crippen LogP contribution >= 0.6 is 0 Å². The van der Waals surface area contributed by atoms with Crippen molar-refractivity contribution in [2.45, 2.75) is 38.6 Å². The molecule has 2 N–H and O–H groups in total. The molecular weight excluding hydrogens is 352 g/mol. The largest absolute Gasteiger partial charge is 0.497 e. The summed E-state index contributed by atoms with van der Waals surface area (Å²) in [7, 11) is 3.03. The molecule has 8 heteroatoms. The van der Waals surface area contributed by atoms with Gasteiger partial charge in [-0.1, -0.05) is 19.8 Å². The fourth-order valence-corrected chi connectivity index (χ4v) is 3.08. The molecule has 0 spiro atoms. The number of nitrogens with one attached hydrogen (secondary N) is 1. The lowest BCUT2D eigenvalue weighted by Gasteiger charge is -2.21. The Morgan fingerprint density at radius 1 is 1.33 bits per heavy atom. The van der Waals surface area contributed by atoms with E-state index in [0.29, 0.717) is 30.0 Å². The van der Waals surface area contributed by atoms with Crippen LogP contribution in [0.4, 0.5) is 5.69 Å². The molecule has 2 amide bonds. The third-order valence-corrected chi connectivity index (χ3v) is 4.63. The highest BCUT2D eigenvalue weighted by Crippen LogP contribution is 2.35. The van der Waals surface area contributed by atoms with Crippen LogP contribution in [0.15, 0.2) is 18.2 Å². The number of amides is 2. The molecular formula is C19H26N2O6. The Labute approximate surface area is 158 Å². The fourth-order valence-electron chi connectivity index (χ4n) is 3.08. The van der Waals surface area contributed by atoms with Gasteiger partial charge in [0.05, 0.1) is 25.8 Å². The van der Waals surface area contributed by atoms with Crippen LogP contribution in [0.2, 0.25) is 0 Å². The van der Waals surface area contributed by atoms with Gasteiger partial charge in [0, 0.05) is 19.0 Å². The molecule has 0 aromatic heterocycles. The first kappa shape index (κ1) is 20.5. The van der Waals surface area contributed by atoms with E-state index in [1.807, 2.05) is 6.92 Å². The van der Waals surface area contributed by atoms with Crippen LogP contribution in [0.25, 0.3) is 0 Å². The number of ether oxygens (including phenoxy) is 2. The number of nitrogens with zero attached hydrogens (tertiary/aromatic N) is 1. The lowest BCUT2D eigenvalue weighted by atomic mass is 10.1. The molecule has 2 atom stereocenters. The number of methoxy groups -OCH3 is 2. The normalized spacial score (nSPS) is 17.5. The van der Waals surface area contributed by atoms with Crippen LogP contribution in [-0.4, -0.2) is 49.7 Å². The second-order valence-electron chi connectivity index (χ2n) is 6.48. The predicted molar refractivity (Wildman–Crippen MR) is 99.1 cm³/mol. The van der Waals surface area contributed by atoms with Crippen LogP contribution in [0.5, 0.6) is 11.5 Å². The van der Waals surface area contributed by atoms with Crippen molar-refractivity contribution in [1.29, 1.82) is 0 Å². The van der Waals surface area contributed by atoms with Gasteiger partial charge < -0.3 is 24.8 Å². The number of carboxylic acids is 1. The lowest BCUT2D eigenvalue weighted by Crippen LogP contribution is -2.44. The highest BCUT2D eigenvalue weighted by Gasteiger charge is 2.37. The second kappa shape index (κ2) is 9.25. The minimum absolute atomic E-state index is 0.0289. The fraction of sp³-hybridized carbons (Fsp3) is 0.526. The molecule has 0 saturated carbocycles. The molecule has 2 unspecified atom stereocenters. The molecule has 1 aliphatic heterocycles. The van der Waals surface area contributed by atoms with Crippen LogP contribution in [0.1, 0.15) is 32.6 Å². The van der Waals surface area contributed by atoms with Crippen LogP contribution in [-0.2, 0) is 14.4 Å². The first-order valence-electron chi connectivity index (χ1n) is 8.96. The van der Waals surface area contributed by atoms with Gasteiger partial charge in [-0.3, -0.25) is 9.59 Å². The Hall–Kier alpha value is -2.77. The number of unbranched alkanes of at least 4 members (excludes halogenated alkanes) is 1. The molecule has 1 saturated heterocycles. The van der Waals surface area contributed by atoms with Crippen molar-refractivity contribution in [3.63, 3.8) is 0 Å². The quantitative estimate of drug-likeness (QED) is 0.679. The maximum absolute atomic E-state index is 12.5. The molecule has 0 bridgehead atoms. The van der Waals surface area contributed by atoms with Crippen LogP contribution in [0, 0.1) is 5.92 Å². The van der Waals surface area contributed by atoms with Gasteiger partial charge >= 0.3 is 5.97 Å². The Bertz CT molecular complexity index is 705. The van der Waals surface area contributed by atoms with Gasteiger partial charge in [0.2, 0.25) is 11.8 Å². The number of aliphatic carboxylic acids is 1. The summed E-state index contributed by atoms with van der Waals surface area (Å²) in [4.78, 5) is 37.8. The summed E-state index contributed by atoms with van der Waals surface area (Å²) in [6, 6.07) is 4.15. The Kier molecular flexibility index (Phi) is 7.04. The van der Waals surface area contributed by atoms with Crippen molar-refractivity contribution in [1.82, 2.24) is 5.32 Å². The standard InChI is InChI=1S/C19H26N2O6/c1-4-5-6-14(19(24)25)20-18(23)12-9-17(22)21(11-12)15-8-7-13(26-2)10-16(15)27-3/h7-8,10,12,14H,4-6,9,11H2,1-3H3,(H,20,23)(H,24,25). The molecule has 1 fully saturated rings. The van der Waals surface area contributed by atoms with Crippen molar-refractivity contribution in [2.75, 3.05) is 25.7 Å². The van der Waals surface area contributed by atoms with Crippen molar-refractivity contribution in [2.24, 2.45) is 5.92 Å². The van der Waals surface area contributed by atoms with Gasteiger partial charge in [-0.25, -0.2) is 4.79 Å². The molecule has 1 aliphatic rings. The highest BCUT2D eigenvalue weighted by atomic mass is 16.5. The minimum Gasteiger partial charge on any atom is -0.497 e. The molecule has 0 radical (unpaired) electrons. The smallest absolute Gasteiger partial charge is 0.326 e. The van der Waals surface area contributed by atoms with E-state index < -0.39 is 23.8 Å². The van der Waals surface area contributed by atoms with Gasteiger partial charge in [-0.2, -0.15) is 0 Å². The number of carbonyl (C=O) groups excluding carboxylic acids is 2. The third-order valence-electron chi connectivity index (χ3n) is 4.63. The number of benzene rings is 1. The first-order valence-corrected chi connectivity index (χ1v) is 8.96. The maximum atomic E-state index is 12.5. The minimum atomic E-state index is -1.06. The summed E-state index contributed by atoms with van der Waals surface area (Å²) in [5, 5.41) is 11.8. The van der Waals surface area contributed by atoms with E-state index in [1.54, 1.807) is 18.2 Å². The molecule has 2 rings (SSSR count). The van der Waals surface area contributed by atoms with E-state index >= 15 is 0 Å². The van der Waals surface area contributed by atoms with Crippen molar-refractivity contribution < 1.29 is 29.0 Å². The zero-order chi connectivity index (χ0) is 20.0. The van der Waals surface area contributed by atoms with E-state index in [4.69, 9.17) is 9.47 Å². The van der Waals surface area contributed by atoms with Gasteiger partial charge in [-0.05, 0) is 18.6 Å². The van der Waals surface area contributed by atoms with E-state index in [9.17, 15) is 19.5 Å². The molecule has 1 aromatic rings. The maximum Gasteiger partial charge on any atom is 0.326 e. The van der Waals surface area contributed by atoms with Gasteiger partial charge in [0.15, 0.2) is 0 Å². The molecule has 8 nitrogen and oxygen atoms in total. The highest BCUT2D eigenvalue weighted by molar-refractivity contribution is 6.01. The Balaban J connectivity index is 2.10. The van der Waals surface area contributed by atoms with E-state index in [1.165, 1.54) is 19.1 Å². The number of hydrogen-bond acceptors (Lipinski definition) is 5. The monoisotopic (exact) mass is 378 g/mol. The topological polar surface area (TPSA) is 105 Å². The van der Waals surface area contributed by atoms with Crippen molar-refractivity contribution in [3.8, 4) is 11.5 Å². The predicted octanol–water partition coefficient (Wildman–Crippen LogP) is 1.82. The molecule has 148 valence electrons. The zero-order valence-electron chi connectivity index (χ0n) is 15.9. The van der Waals surface area contributed by atoms with Crippen LogP contribution < -0.4 is 19.7 Å². The second-order valence-corrected chi connectivity index (χ2v) is 6.48. The summed E-state index contributed by atoms with van der Waals surface area (Å²) in [6.45, 7) is 2.13. The summed E-state index contributed by atoms with van der Waals surface area (Å²) in [5.74, 6) is -1.23. The van der Waals surface area contributed by atoms with Crippen LogP contribution in [0.3, 0.4) is 0 Å². The number of carboxylic acid groups (broad SMARTS) is 1. The number of hydrogen-bond donors (Lipinski definition) is 2. The van der Waals surface area contributed by atoms with Gasteiger partial charge in [0.1, 0.15) is 17.5 Å². The van der Waals surface area contributed by atoms with E-state index in [2.05, 4.69) is 5.32 Å². The molecule has 1 aromatic carbocycles. The average Bonchev–Trinajstić information content (AvgIpc) is 3.05. The number of carbonyl (C=O) groups is 3. The van der Waals surface area contributed by atoms with Gasteiger partial charge in [-0.15, -0.1) is 0 Å². The summed E-state index contributed by atoms with van der Waals surface area (Å²) >= 11 is 0. The lowest BCUT2D eigenvalue weighted by molar-refractivity contribution is -0.142. The van der Waals surface area contributed by atoms with Crippen molar-refractivity contribution in [3.05, 3.63) is 18.2 Å². The Morgan fingerprint density at radius 2 is 2.07 bits per heavy atom. The van der Waals surface area contributed by atoms with Gasteiger partial charge in [0.25, 0.3) is 0 Å². The third kappa shape index (κ3) is 4.90. The van der Waals surface area contributed by atoms with Crippen molar-refractivity contribution >= 4 is 23.5 Å².